The number of nitrogens with one attached hydrogen (secondary N) is 1. The van der Waals surface area contributed by atoms with E-state index in [0.717, 1.165) is 6.07 Å². The van der Waals surface area contributed by atoms with Crippen LogP contribution in [0.3, 0.4) is 0 Å². The van der Waals surface area contributed by atoms with Gasteiger partial charge in [0, 0.05) is 13.1 Å². The molecule has 0 aromatic heterocycles. The van der Waals surface area contributed by atoms with Crippen molar-refractivity contribution in [1.82, 2.24) is 4.90 Å². The molecule has 1 aromatic rings. The first kappa shape index (κ1) is 16.8. The van der Waals surface area contributed by atoms with Gasteiger partial charge >= 0.3 is 6.18 Å². The number of para-hydroxylation sites is 1. The maximum atomic E-state index is 12.9. The monoisotopic (exact) mass is 316 g/mol. The molecular weight excluding hydrogens is 297 g/mol. The second-order valence-corrected chi connectivity index (χ2v) is 5.54. The molecule has 0 unspecified atom stereocenters. The Morgan fingerprint density at radius 1 is 1.27 bits per heavy atom. The topological polar surface area (TPSA) is 41.6 Å². The molecule has 0 radical (unpaired) electrons. The lowest BCUT2D eigenvalue weighted by atomic mass is 10.1. The summed E-state index contributed by atoms with van der Waals surface area (Å²) in [4.78, 5) is 13.9. The molecule has 22 heavy (non-hydrogen) atoms. The standard InChI is InChI=1S/C15H19F3N2O2/c1-10-7-20(8-11(2)22-10)9-14(21)19-13-6-4-3-5-12(13)15(16,17)18/h3-6,10-11H,7-9H2,1-2H3,(H,19,21)/t10-,11-/m1/s1. The lowest BCUT2D eigenvalue weighted by Crippen LogP contribution is -2.48. The van der Waals surface area contributed by atoms with Crippen molar-refractivity contribution in [3.8, 4) is 0 Å². The number of nitrogens with zero attached hydrogens (tertiary/aromatic N) is 1. The van der Waals surface area contributed by atoms with Gasteiger partial charge in [0.2, 0.25) is 5.91 Å². The number of rotatable bonds is 3. The molecular formula is C15H19F3N2O2. The van der Waals surface area contributed by atoms with Gasteiger partial charge in [0.05, 0.1) is 30.0 Å². The number of carbonyl (C=O) groups excluding carboxylic acids is 1. The summed E-state index contributed by atoms with van der Waals surface area (Å²) >= 11 is 0. The van der Waals surface area contributed by atoms with Crippen LogP contribution in [0.25, 0.3) is 0 Å². The van der Waals surface area contributed by atoms with Crippen LogP contribution in [0.15, 0.2) is 24.3 Å². The first-order chi connectivity index (χ1) is 10.3. The summed E-state index contributed by atoms with van der Waals surface area (Å²) in [5.74, 6) is -0.460. The number of carbonyl (C=O) groups is 1. The van der Waals surface area contributed by atoms with Gasteiger partial charge in [-0.1, -0.05) is 12.1 Å². The zero-order chi connectivity index (χ0) is 16.3. The number of hydrogen-bond donors (Lipinski definition) is 1. The van der Waals surface area contributed by atoms with Crippen LogP contribution in [0.5, 0.6) is 0 Å². The first-order valence-corrected chi connectivity index (χ1v) is 7.09. The molecule has 1 aliphatic rings. The van der Waals surface area contributed by atoms with E-state index >= 15 is 0 Å². The lowest BCUT2D eigenvalue weighted by molar-refractivity contribution is -0.137. The summed E-state index contributed by atoms with van der Waals surface area (Å²) in [6, 6.07) is 4.97. The zero-order valence-corrected chi connectivity index (χ0v) is 12.5. The fraction of sp³-hybridized carbons (Fsp3) is 0.533. The number of amides is 1. The highest BCUT2D eigenvalue weighted by molar-refractivity contribution is 5.93. The highest BCUT2D eigenvalue weighted by atomic mass is 19.4. The van der Waals surface area contributed by atoms with Gasteiger partial charge in [0.1, 0.15) is 0 Å². The van der Waals surface area contributed by atoms with Crippen LogP contribution in [0.2, 0.25) is 0 Å². The molecule has 1 aliphatic heterocycles. The molecule has 1 aromatic carbocycles. The summed E-state index contributed by atoms with van der Waals surface area (Å²) in [7, 11) is 0. The minimum absolute atomic E-state index is 0.000915. The minimum atomic E-state index is -4.49. The molecule has 1 fully saturated rings. The number of hydrogen-bond acceptors (Lipinski definition) is 3. The van der Waals surface area contributed by atoms with Crippen LogP contribution < -0.4 is 5.32 Å². The average Bonchev–Trinajstić information content (AvgIpc) is 2.36. The van der Waals surface area contributed by atoms with Gasteiger partial charge in [-0.25, -0.2) is 0 Å². The Balaban J connectivity index is 2.01. The fourth-order valence-corrected chi connectivity index (χ4v) is 2.65. The van der Waals surface area contributed by atoms with Gasteiger partial charge in [-0.15, -0.1) is 0 Å². The fourth-order valence-electron chi connectivity index (χ4n) is 2.65. The highest BCUT2D eigenvalue weighted by Crippen LogP contribution is 2.34. The Labute approximate surface area is 127 Å². The van der Waals surface area contributed by atoms with Crippen LogP contribution in [-0.2, 0) is 15.7 Å². The number of halogens is 3. The quantitative estimate of drug-likeness (QED) is 0.932. The second kappa shape index (κ2) is 6.66. The van der Waals surface area contributed by atoms with Gasteiger partial charge in [0.25, 0.3) is 0 Å². The van der Waals surface area contributed by atoms with Crippen molar-refractivity contribution in [3.63, 3.8) is 0 Å². The van der Waals surface area contributed by atoms with Crippen molar-refractivity contribution in [3.05, 3.63) is 29.8 Å². The van der Waals surface area contributed by atoms with Crippen molar-refractivity contribution >= 4 is 11.6 Å². The normalized spacial score (nSPS) is 23.3. The third-order valence-corrected chi connectivity index (χ3v) is 3.37. The molecule has 0 aliphatic carbocycles. The van der Waals surface area contributed by atoms with Crippen molar-refractivity contribution in [2.24, 2.45) is 0 Å². The zero-order valence-electron chi connectivity index (χ0n) is 12.5. The van der Waals surface area contributed by atoms with E-state index < -0.39 is 17.6 Å². The maximum absolute atomic E-state index is 12.9. The Kier molecular flexibility index (Phi) is 5.08. The molecule has 1 N–H and O–H groups in total. The van der Waals surface area contributed by atoms with Crippen LogP contribution in [0.4, 0.5) is 18.9 Å². The Hall–Kier alpha value is -1.60. The maximum Gasteiger partial charge on any atom is 0.418 e. The number of morpholine rings is 1. The van der Waals surface area contributed by atoms with Gasteiger partial charge in [-0.2, -0.15) is 13.2 Å². The predicted molar refractivity (Wildman–Crippen MR) is 76.5 cm³/mol. The largest absolute Gasteiger partial charge is 0.418 e. The Morgan fingerprint density at radius 3 is 2.45 bits per heavy atom. The van der Waals surface area contributed by atoms with Crippen LogP contribution >= 0.6 is 0 Å². The molecule has 0 bridgehead atoms. The van der Waals surface area contributed by atoms with E-state index in [1.54, 1.807) is 0 Å². The SMILES string of the molecule is C[C@@H]1CN(CC(=O)Nc2ccccc2C(F)(F)F)C[C@@H](C)O1. The summed E-state index contributed by atoms with van der Waals surface area (Å²) in [6.07, 6.45) is -4.50. The number of benzene rings is 1. The molecule has 1 heterocycles. The summed E-state index contributed by atoms with van der Waals surface area (Å²) < 4.78 is 44.2. The molecule has 0 saturated carbocycles. The van der Waals surface area contributed by atoms with Gasteiger partial charge in [-0.3, -0.25) is 9.69 Å². The third kappa shape index (κ3) is 4.45. The number of ether oxygens (including phenoxy) is 1. The molecule has 122 valence electrons. The van der Waals surface area contributed by atoms with Crippen molar-refractivity contribution in [1.29, 1.82) is 0 Å². The van der Waals surface area contributed by atoms with E-state index in [1.807, 2.05) is 18.7 Å². The number of anilines is 1. The first-order valence-electron chi connectivity index (χ1n) is 7.09. The molecule has 2 rings (SSSR count). The third-order valence-electron chi connectivity index (χ3n) is 3.37. The molecule has 2 atom stereocenters. The van der Waals surface area contributed by atoms with E-state index in [-0.39, 0.29) is 24.4 Å². The van der Waals surface area contributed by atoms with Gasteiger partial charge < -0.3 is 10.1 Å². The lowest BCUT2D eigenvalue weighted by Gasteiger charge is -2.34. The van der Waals surface area contributed by atoms with Crippen LogP contribution in [-0.4, -0.2) is 42.6 Å². The summed E-state index contributed by atoms with van der Waals surface area (Å²) in [5, 5.41) is 2.35. The van der Waals surface area contributed by atoms with Crippen molar-refractivity contribution in [2.45, 2.75) is 32.2 Å². The summed E-state index contributed by atoms with van der Waals surface area (Å²) in [6.45, 7) is 5.01. The minimum Gasteiger partial charge on any atom is -0.373 e. The molecule has 0 spiro atoms. The average molecular weight is 316 g/mol. The van der Waals surface area contributed by atoms with Crippen LogP contribution in [0.1, 0.15) is 19.4 Å². The predicted octanol–water partition coefficient (Wildman–Crippen LogP) is 2.75. The van der Waals surface area contributed by atoms with Crippen molar-refractivity contribution < 1.29 is 22.7 Å². The Morgan fingerprint density at radius 2 is 1.86 bits per heavy atom. The number of alkyl halides is 3. The van der Waals surface area contributed by atoms with E-state index in [2.05, 4.69) is 5.32 Å². The van der Waals surface area contributed by atoms with E-state index in [0.29, 0.717) is 13.1 Å². The molecule has 1 amide bonds. The van der Waals surface area contributed by atoms with E-state index in [9.17, 15) is 18.0 Å². The van der Waals surface area contributed by atoms with Gasteiger partial charge in [0.15, 0.2) is 0 Å². The van der Waals surface area contributed by atoms with Crippen molar-refractivity contribution in [2.75, 3.05) is 25.0 Å². The van der Waals surface area contributed by atoms with Gasteiger partial charge in [-0.05, 0) is 26.0 Å². The second-order valence-electron chi connectivity index (χ2n) is 5.54. The molecule has 1 saturated heterocycles. The highest BCUT2D eigenvalue weighted by Gasteiger charge is 2.33. The molecule has 7 heteroatoms. The smallest absolute Gasteiger partial charge is 0.373 e. The van der Waals surface area contributed by atoms with E-state index in [1.165, 1.54) is 18.2 Å². The van der Waals surface area contributed by atoms with E-state index in [4.69, 9.17) is 4.74 Å². The van der Waals surface area contributed by atoms with Crippen LogP contribution in [0, 0.1) is 0 Å². The summed E-state index contributed by atoms with van der Waals surface area (Å²) in [5.41, 5.74) is -1.05. The Bertz CT molecular complexity index is 524. The molecule has 4 nitrogen and oxygen atoms in total.